The summed E-state index contributed by atoms with van der Waals surface area (Å²) in [6.45, 7) is 11.2. The number of hydrogen-bond acceptors (Lipinski definition) is 2. The average Bonchev–Trinajstić information content (AvgIpc) is 1.84. The van der Waals surface area contributed by atoms with Gasteiger partial charge in [-0.15, -0.1) is 0 Å². The molecule has 0 atom stereocenters. The molecular formula is C9H20N2. The summed E-state index contributed by atoms with van der Waals surface area (Å²) >= 11 is 0. The van der Waals surface area contributed by atoms with E-state index in [2.05, 4.69) is 25.7 Å². The van der Waals surface area contributed by atoms with Gasteiger partial charge in [0, 0.05) is 19.6 Å². The molecule has 2 N–H and O–H groups in total. The highest BCUT2D eigenvalue weighted by Crippen LogP contribution is 2.21. The Labute approximate surface area is 69.8 Å². The molecule has 0 bridgehead atoms. The van der Waals surface area contributed by atoms with E-state index in [-0.39, 0.29) is 0 Å². The molecule has 0 saturated carbocycles. The Kier molecular flexibility index (Phi) is 2.55. The maximum atomic E-state index is 5.64. The molecule has 11 heavy (non-hydrogen) atoms. The van der Waals surface area contributed by atoms with Crippen molar-refractivity contribution in [2.75, 3.05) is 26.2 Å². The van der Waals surface area contributed by atoms with Crippen molar-refractivity contribution in [3.63, 3.8) is 0 Å². The highest BCUT2D eigenvalue weighted by Gasteiger charge is 2.27. The molecule has 0 radical (unpaired) electrons. The van der Waals surface area contributed by atoms with Crippen LogP contribution in [0.25, 0.3) is 0 Å². The molecule has 0 spiro atoms. The van der Waals surface area contributed by atoms with Crippen LogP contribution < -0.4 is 5.73 Å². The summed E-state index contributed by atoms with van der Waals surface area (Å²) in [4.78, 5) is 2.48. The number of hydrogen-bond donors (Lipinski definition) is 1. The third-order valence-corrected chi connectivity index (χ3v) is 2.34. The molecule has 1 fully saturated rings. The van der Waals surface area contributed by atoms with Crippen LogP contribution in [0, 0.1) is 11.3 Å². The number of nitrogens with two attached hydrogens (primary N) is 1. The Balaban J connectivity index is 2.21. The lowest BCUT2D eigenvalue weighted by molar-refractivity contribution is 0.0704. The van der Waals surface area contributed by atoms with Crippen molar-refractivity contribution in [3.8, 4) is 0 Å². The van der Waals surface area contributed by atoms with Crippen LogP contribution >= 0.6 is 0 Å². The fraction of sp³-hybridized carbons (Fsp3) is 1.00. The minimum Gasteiger partial charge on any atom is -0.330 e. The van der Waals surface area contributed by atoms with Crippen molar-refractivity contribution in [1.29, 1.82) is 0 Å². The fourth-order valence-corrected chi connectivity index (χ4v) is 1.63. The van der Waals surface area contributed by atoms with E-state index in [0.29, 0.717) is 5.41 Å². The van der Waals surface area contributed by atoms with Crippen LogP contribution in [0.1, 0.15) is 20.8 Å². The van der Waals surface area contributed by atoms with Gasteiger partial charge < -0.3 is 10.6 Å². The second-order valence-electron chi connectivity index (χ2n) is 4.67. The molecule has 2 nitrogen and oxygen atoms in total. The molecule has 0 unspecified atom stereocenters. The zero-order valence-electron chi connectivity index (χ0n) is 7.93. The third kappa shape index (κ3) is 2.46. The molecule has 0 aromatic rings. The van der Waals surface area contributed by atoms with Crippen LogP contribution in [0.3, 0.4) is 0 Å². The molecule has 1 saturated heterocycles. The highest BCUT2D eigenvalue weighted by atomic mass is 15.2. The van der Waals surface area contributed by atoms with Crippen molar-refractivity contribution in [1.82, 2.24) is 4.90 Å². The minimum absolute atomic E-state index is 0.306. The Morgan fingerprint density at radius 2 is 2.00 bits per heavy atom. The van der Waals surface area contributed by atoms with Crippen molar-refractivity contribution in [2.45, 2.75) is 20.8 Å². The monoisotopic (exact) mass is 156 g/mol. The lowest BCUT2D eigenvalue weighted by atomic mass is 9.90. The largest absolute Gasteiger partial charge is 0.330 e. The van der Waals surface area contributed by atoms with Crippen molar-refractivity contribution >= 4 is 0 Å². The summed E-state index contributed by atoms with van der Waals surface area (Å²) in [7, 11) is 0. The standard InChI is InChI=1S/C9H20N2/c1-8-4-11(5-8)7-9(2,3)6-10/h8H,4-7,10H2,1-3H3. The molecule has 0 aliphatic carbocycles. The van der Waals surface area contributed by atoms with Crippen molar-refractivity contribution < 1.29 is 0 Å². The Bertz CT molecular complexity index is 126. The molecule has 0 aromatic carbocycles. The van der Waals surface area contributed by atoms with E-state index >= 15 is 0 Å². The molecule has 66 valence electrons. The van der Waals surface area contributed by atoms with Crippen LogP contribution in [0.15, 0.2) is 0 Å². The van der Waals surface area contributed by atoms with Gasteiger partial charge in [0.15, 0.2) is 0 Å². The molecule has 2 heteroatoms. The van der Waals surface area contributed by atoms with Crippen molar-refractivity contribution in [3.05, 3.63) is 0 Å². The van der Waals surface area contributed by atoms with Crippen LogP contribution in [-0.4, -0.2) is 31.1 Å². The normalized spacial score (nSPS) is 21.8. The van der Waals surface area contributed by atoms with Gasteiger partial charge in [0.1, 0.15) is 0 Å². The quantitative estimate of drug-likeness (QED) is 0.658. The van der Waals surface area contributed by atoms with Gasteiger partial charge in [-0.25, -0.2) is 0 Å². The summed E-state index contributed by atoms with van der Waals surface area (Å²) in [6, 6.07) is 0. The maximum absolute atomic E-state index is 5.64. The van der Waals surface area contributed by atoms with Gasteiger partial charge in [-0.1, -0.05) is 20.8 Å². The van der Waals surface area contributed by atoms with Gasteiger partial charge in [-0.2, -0.15) is 0 Å². The molecule has 1 aliphatic rings. The first-order valence-electron chi connectivity index (χ1n) is 4.46. The predicted molar refractivity (Wildman–Crippen MR) is 48.4 cm³/mol. The predicted octanol–water partition coefficient (Wildman–Crippen LogP) is 0.923. The van der Waals surface area contributed by atoms with Gasteiger partial charge in [0.05, 0.1) is 0 Å². The number of nitrogens with zero attached hydrogens (tertiary/aromatic N) is 1. The van der Waals surface area contributed by atoms with E-state index in [1.54, 1.807) is 0 Å². The summed E-state index contributed by atoms with van der Waals surface area (Å²) in [5.41, 5.74) is 5.95. The zero-order valence-corrected chi connectivity index (χ0v) is 7.93. The van der Waals surface area contributed by atoms with E-state index < -0.39 is 0 Å². The summed E-state index contributed by atoms with van der Waals surface area (Å²) in [5.74, 6) is 0.906. The first-order chi connectivity index (χ1) is 5.03. The van der Waals surface area contributed by atoms with Gasteiger partial charge in [-0.3, -0.25) is 0 Å². The topological polar surface area (TPSA) is 29.3 Å². The van der Waals surface area contributed by atoms with E-state index in [0.717, 1.165) is 19.0 Å². The van der Waals surface area contributed by atoms with Gasteiger partial charge in [-0.05, 0) is 17.9 Å². The van der Waals surface area contributed by atoms with Crippen LogP contribution in [0.4, 0.5) is 0 Å². The van der Waals surface area contributed by atoms with E-state index in [1.807, 2.05) is 0 Å². The second-order valence-corrected chi connectivity index (χ2v) is 4.67. The summed E-state index contributed by atoms with van der Waals surface area (Å²) in [5, 5.41) is 0. The number of rotatable bonds is 3. The molecule has 1 aliphatic heterocycles. The van der Waals surface area contributed by atoms with E-state index in [4.69, 9.17) is 5.73 Å². The second kappa shape index (κ2) is 3.11. The highest BCUT2D eigenvalue weighted by molar-refractivity contribution is 4.82. The van der Waals surface area contributed by atoms with Crippen LogP contribution in [0.5, 0.6) is 0 Å². The molecule has 1 rings (SSSR count). The lowest BCUT2D eigenvalue weighted by Gasteiger charge is -2.41. The molecule has 0 amide bonds. The first-order valence-corrected chi connectivity index (χ1v) is 4.46. The third-order valence-electron chi connectivity index (χ3n) is 2.34. The van der Waals surface area contributed by atoms with E-state index in [1.165, 1.54) is 13.1 Å². The molecule has 1 heterocycles. The van der Waals surface area contributed by atoms with Gasteiger partial charge in [0.25, 0.3) is 0 Å². The first kappa shape index (κ1) is 9.01. The van der Waals surface area contributed by atoms with Crippen molar-refractivity contribution in [2.24, 2.45) is 17.1 Å². The van der Waals surface area contributed by atoms with Crippen LogP contribution in [0.2, 0.25) is 0 Å². The lowest BCUT2D eigenvalue weighted by Crippen LogP contribution is -2.50. The molecule has 0 aromatic heterocycles. The average molecular weight is 156 g/mol. The smallest absolute Gasteiger partial charge is 0.00450 e. The maximum Gasteiger partial charge on any atom is 0.00450 e. The molecular weight excluding hydrogens is 136 g/mol. The summed E-state index contributed by atoms with van der Waals surface area (Å²) in [6.07, 6.45) is 0. The Hall–Kier alpha value is -0.0800. The SMILES string of the molecule is CC1CN(CC(C)(C)CN)C1. The van der Waals surface area contributed by atoms with Crippen LogP contribution in [-0.2, 0) is 0 Å². The number of likely N-dealkylation sites (tertiary alicyclic amines) is 1. The fourth-order valence-electron chi connectivity index (χ4n) is 1.63. The van der Waals surface area contributed by atoms with Gasteiger partial charge >= 0.3 is 0 Å². The minimum atomic E-state index is 0.306. The summed E-state index contributed by atoms with van der Waals surface area (Å²) < 4.78 is 0. The van der Waals surface area contributed by atoms with Gasteiger partial charge in [0.2, 0.25) is 0 Å². The zero-order chi connectivity index (χ0) is 8.48. The Morgan fingerprint density at radius 1 is 1.45 bits per heavy atom. The Morgan fingerprint density at radius 3 is 2.36 bits per heavy atom. The van der Waals surface area contributed by atoms with E-state index in [9.17, 15) is 0 Å².